The second kappa shape index (κ2) is 5.70. The molecule has 1 aromatic carbocycles. The van der Waals surface area contributed by atoms with Gasteiger partial charge in [0.05, 0.1) is 5.56 Å². The Bertz CT molecular complexity index is 791. The Labute approximate surface area is 129 Å². The van der Waals surface area contributed by atoms with Gasteiger partial charge in [-0.25, -0.2) is 18.2 Å². The number of hydrogen-bond acceptors (Lipinski definition) is 5. The lowest BCUT2D eigenvalue weighted by atomic mass is 10.2. The summed E-state index contributed by atoms with van der Waals surface area (Å²) in [6.07, 6.45) is 1.41. The molecular formula is C12H10BrN3O4S. The van der Waals surface area contributed by atoms with Crippen molar-refractivity contribution >= 4 is 43.4 Å². The van der Waals surface area contributed by atoms with E-state index in [9.17, 15) is 13.2 Å². The largest absolute Gasteiger partial charge is 0.478 e. The third-order valence-electron chi connectivity index (χ3n) is 2.49. The Balaban J connectivity index is 2.46. The normalized spacial score (nSPS) is 11.1. The van der Waals surface area contributed by atoms with Gasteiger partial charge in [0.15, 0.2) is 0 Å². The molecule has 4 N–H and O–H groups in total. The maximum absolute atomic E-state index is 12.3. The highest BCUT2D eigenvalue weighted by Crippen LogP contribution is 2.22. The number of sulfonamides is 1. The highest BCUT2D eigenvalue weighted by molar-refractivity contribution is 9.10. The molecule has 0 aliphatic rings. The van der Waals surface area contributed by atoms with E-state index in [2.05, 4.69) is 25.6 Å². The maximum atomic E-state index is 12.3. The third-order valence-corrected chi connectivity index (χ3v) is 4.36. The maximum Gasteiger partial charge on any atom is 0.337 e. The number of nitrogens with zero attached hydrogens (tertiary/aromatic N) is 1. The van der Waals surface area contributed by atoms with Crippen LogP contribution in [0.3, 0.4) is 0 Å². The molecule has 7 nitrogen and oxygen atoms in total. The molecule has 1 heterocycles. The molecule has 0 aliphatic heterocycles. The smallest absolute Gasteiger partial charge is 0.337 e. The van der Waals surface area contributed by atoms with Crippen molar-refractivity contribution in [2.24, 2.45) is 0 Å². The number of anilines is 2. The number of hydrogen-bond donors (Lipinski definition) is 3. The summed E-state index contributed by atoms with van der Waals surface area (Å²) in [6.45, 7) is 0. The minimum Gasteiger partial charge on any atom is -0.478 e. The standard InChI is InChI=1S/C12H10BrN3O4S/c13-7-1-4-11(15-6-7)16-21(19,20)10-5-8(14)2-3-9(10)12(17)18/h1-6H,14H2,(H,15,16)(H,17,18). The molecule has 0 saturated carbocycles. The lowest BCUT2D eigenvalue weighted by molar-refractivity contribution is 0.0692. The number of nitrogens with one attached hydrogen (secondary N) is 1. The molecule has 0 amide bonds. The van der Waals surface area contributed by atoms with Crippen LogP contribution in [0.5, 0.6) is 0 Å². The zero-order chi connectivity index (χ0) is 15.6. The Morgan fingerprint density at radius 2 is 2.00 bits per heavy atom. The van der Waals surface area contributed by atoms with E-state index in [-0.39, 0.29) is 17.1 Å². The molecule has 0 radical (unpaired) electrons. The number of pyridine rings is 1. The predicted octanol–water partition coefficient (Wildman–Crippen LogP) is 1.93. The van der Waals surface area contributed by atoms with Crippen LogP contribution in [-0.4, -0.2) is 24.5 Å². The monoisotopic (exact) mass is 371 g/mol. The van der Waals surface area contributed by atoms with Crippen molar-refractivity contribution in [3.05, 3.63) is 46.6 Å². The van der Waals surface area contributed by atoms with Gasteiger partial charge in [-0.1, -0.05) is 0 Å². The van der Waals surface area contributed by atoms with Gasteiger partial charge in [-0.3, -0.25) is 4.72 Å². The third kappa shape index (κ3) is 3.50. The van der Waals surface area contributed by atoms with Gasteiger partial charge in [-0.2, -0.15) is 0 Å². The van der Waals surface area contributed by atoms with Crippen molar-refractivity contribution in [1.82, 2.24) is 4.98 Å². The number of carbonyl (C=O) groups is 1. The van der Waals surface area contributed by atoms with Crippen molar-refractivity contribution in [2.75, 3.05) is 10.5 Å². The fourth-order valence-electron chi connectivity index (χ4n) is 1.57. The first-order valence-corrected chi connectivity index (χ1v) is 7.84. The highest BCUT2D eigenvalue weighted by Gasteiger charge is 2.23. The molecule has 0 saturated heterocycles. The van der Waals surface area contributed by atoms with Gasteiger partial charge in [0.2, 0.25) is 0 Å². The number of carboxylic acid groups (broad SMARTS) is 1. The number of nitrogen functional groups attached to an aromatic ring is 1. The molecule has 0 atom stereocenters. The minimum atomic E-state index is -4.11. The van der Waals surface area contributed by atoms with Crippen LogP contribution in [0.25, 0.3) is 0 Å². The number of carboxylic acids is 1. The molecule has 1 aromatic heterocycles. The van der Waals surface area contributed by atoms with Crippen molar-refractivity contribution in [2.45, 2.75) is 4.90 Å². The second-order valence-electron chi connectivity index (χ2n) is 4.03. The van der Waals surface area contributed by atoms with Crippen LogP contribution in [0.1, 0.15) is 10.4 Å². The summed E-state index contributed by atoms with van der Waals surface area (Å²) in [5.74, 6) is -1.30. The van der Waals surface area contributed by atoms with E-state index < -0.39 is 20.9 Å². The van der Waals surface area contributed by atoms with Crippen LogP contribution < -0.4 is 10.5 Å². The molecule has 0 unspecified atom stereocenters. The summed E-state index contributed by atoms with van der Waals surface area (Å²) >= 11 is 3.18. The molecule has 0 spiro atoms. The van der Waals surface area contributed by atoms with E-state index >= 15 is 0 Å². The first-order chi connectivity index (χ1) is 9.79. The summed E-state index contributed by atoms with van der Waals surface area (Å²) < 4.78 is 27.5. The van der Waals surface area contributed by atoms with Crippen LogP contribution in [0.4, 0.5) is 11.5 Å². The first-order valence-electron chi connectivity index (χ1n) is 5.57. The van der Waals surface area contributed by atoms with Gasteiger partial charge in [0, 0.05) is 16.4 Å². The van der Waals surface area contributed by atoms with E-state index in [4.69, 9.17) is 10.8 Å². The van der Waals surface area contributed by atoms with Crippen LogP contribution in [0.15, 0.2) is 45.9 Å². The van der Waals surface area contributed by atoms with E-state index in [1.807, 2.05) is 0 Å². The van der Waals surface area contributed by atoms with E-state index in [0.717, 1.165) is 12.1 Å². The summed E-state index contributed by atoms with van der Waals surface area (Å²) in [5, 5.41) is 9.07. The lowest BCUT2D eigenvalue weighted by Crippen LogP contribution is -2.17. The Kier molecular flexibility index (Phi) is 4.14. The predicted molar refractivity (Wildman–Crippen MR) is 80.6 cm³/mol. The van der Waals surface area contributed by atoms with Gasteiger partial charge in [-0.05, 0) is 46.3 Å². The summed E-state index contributed by atoms with van der Waals surface area (Å²) in [5.41, 5.74) is 5.31. The molecular weight excluding hydrogens is 362 g/mol. The zero-order valence-electron chi connectivity index (χ0n) is 10.4. The fraction of sp³-hybridized carbons (Fsp3) is 0. The van der Waals surface area contributed by atoms with Crippen LogP contribution in [0, 0.1) is 0 Å². The van der Waals surface area contributed by atoms with Gasteiger partial charge in [0.1, 0.15) is 10.7 Å². The summed E-state index contributed by atoms with van der Waals surface area (Å²) in [4.78, 5) is 14.6. The van der Waals surface area contributed by atoms with E-state index in [1.54, 1.807) is 6.07 Å². The van der Waals surface area contributed by atoms with Gasteiger partial charge < -0.3 is 10.8 Å². The second-order valence-corrected chi connectivity index (χ2v) is 6.59. The number of nitrogens with two attached hydrogens (primary N) is 1. The first kappa shape index (κ1) is 15.3. The average Bonchev–Trinajstić information content (AvgIpc) is 2.41. The van der Waals surface area contributed by atoms with Crippen molar-refractivity contribution in [1.29, 1.82) is 0 Å². The highest BCUT2D eigenvalue weighted by atomic mass is 79.9. The summed E-state index contributed by atoms with van der Waals surface area (Å²) in [7, 11) is -4.11. The molecule has 2 aromatic rings. The fourth-order valence-corrected chi connectivity index (χ4v) is 3.04. The quantitative estimate of drug-likeness (QED) is 0.705. The minimum absolute atomic E-state index is 0.0666. The van der Waals surface area contributed by atoms with Crippen LogP contribution in [0.2, 0.25) is 0 Å². The van der Waals surface area contributed by atoms with Gasteiger partial charge >= 0.3 is 5.97 Å². The van der Waals surface area contributed by atoms with Gasteiger partial charge in [-0.15, -0.1) is 0 Å². The molecule has 0 fully saturated rings. The molecule has 0 aliphatic carbocycles. The molecule has 110 valence electrons. The lowest BCUT2D eigenvalue weighted by Gasteiger charge is -2.10. The van der Waals surface area contributed by atoms with Crippen LogP contribution in [-0.2, 0) is 10.0 Å². The number of benzene rings is 1. The average molecular weight is 372 g/mol. The Hall–Kier alpha value is -2.13. The topological polar surface area (TPSA) is 122 Å². The van der Waals surface area contributed by atoms with E-state index in [1.165, 1.54) is 18.3 Å². The van der Waals surface area contributed by atoms with Crippen molar-refractivity contribution in [3.8, 4) is 0 Å². The molecule has 2 rings (SSSR count). The molecule has 0 bridgehead atoms. The van der Waals surface area contributed by atoms with Crippen molar-refractivity contribution in [3.63, 3.8) is 0 Å². The van der Waals surface area contributed by atoms with E-state index in [0.29, 0.717) is 4.47 Å². The number of halogens is 1. The summed E-state index contributed by atoms with van der Waals surface area (Å²) in [6, 6.07) is 6.59. The SMILES string of the molecule is Nc1ccc(C(=O)O)c(S(=O)(=O)Nc2ccc(Br)cn2)c1. The number of rotatable bonds is 4. The zero-order valence-corrected chi connectivity index (χ0v) is 12.8. The van der Waals surface area contributed by atoms with Crippen LogP contribution >= 0.6 is 15.9 Å². The Morgan fingerprint density at radius 3 is 2.57 bits per heavy atom. The van der Waals surface area contributed by atoms with Crippen molar-refractivity contribution < 1.29 is 18.3 Å². The number of aromatic carboxylic acids is 1. The Morgan fingerprint density at radius 1 is 1.29 bits per heavy atom. The number of aromatic nitrogens is 1. The molecule has 9 heteroatoms. The molecule has 21 heavy (non-hydrogen) atoms. The van der Waals surface area contributed by atoms with Gasteiger partial charge in [0.25, 0.3) is 10.0 Å².